The highest BCUT2D eigenvalue weighted by Crippen LogP contribution is 2.22. The molecule has 0 radical (unpaired) electrons. The number of halogens is 1. The van der Waals surface area contributed by atoms with Crippen LogP contribution in [0.2, 0.25) is 5.02 Å². The van der Waals surface area contributed by atoms with Crippen molar-refractivity contribution in [3.63, 3.8) is 0 Å². The van der Waals surface area contributed by atoms with E-state index in [1.807, 2.05) is 0 Å². The van der Waals surface area contributed by atoms with E-state index in [0.717, 1.165) is 45.6 Å². The number of hydrogen-bond donors (Lipinski definition) is 2. The van der Waals surface area contributed by atoms with E-state index in [1.54, 1.807) is 13.2 Å². The monoisotopic (exact) mass is 326 g/mol. The van der Waals surface area contributed by atoms with Crippen LogP contribution in [0.5, 0.6) is 0 Å². The van der Waals surface area contributed by atoms with E-state index < -0.39 is 5.91 Å². The third-order valence-electron chi connectivity index (χ3n) is 4.00. The fraction of sp³-hybridized carbons (Fsp3) is 0.600. The zero-order valence-corrected chi connectivity index (χ0v) is 13.6. The summed E-state index contributed by atoms with van der Waals surface area (Å²) in [4.78, 5) is 17.7. The quantitative estimate of drug-likeness (QED) is 0.795. The highest BCUT2D eigenvalue weighted by atomic mass is 35.5. The van der Waals surface area contributed by atoms with Crippen LogP contribution in [0.1, 0.15) is 23.2 Å². The van der Waals surface area contributed by atoms with Gasteiger partial charge in [0.25, 0.3) is 0 Å². The van der Waals surface area contributed by atoms with Gasteiger partial charge < -0.3 is 20.7 Å². The Morgan fingerprint density at radius 3 is 2.86 bits per heavy atom. The summed E-state index contributed by atoms with van der Waals surface area (Å²) in [6.07, 6.45) is 3.74. The summed E-state index contributed by atoms with van der Waals surface area (Å²) in [5, 5.41) is 3.69. The van der Waals surface area contributed by atoms with Gasteiger partial charge in [0, 0.05) is 26.4 Å². The van der Waals surface area contributed by atoms with Gasteiger partial charge in [-0.05, 0) is 37.9 Å². The average Bonchev–Trinajstić information content (AvgIpc) is 2.52. The van der Waals surface area contributed by atoms with E-state index in [4.69, 9.17) is 22.1 Å². The zero-order chi connectivity index (χ0) is 15.9. The van der Waals surface area contributed by atoms with Gasteiger partial charge in [0.1, 0.15) is 5.82 Å². The molecule has 7 heteroatoms. The molecule has 0 aromatic carbocycles. The van der Waals surface area contributed by atoms with Crippen LogP contribution in [-0.4, -0.2) is 55.7 Å². The Balaban J connectivity index is 1.78. The molecule has 0 unspecified atom stereocenters. The number of nitrogens with two attached hydrogens (primary N) is 1. The van der Waals surface area contributed by atoms with Crippen LogP contribution in [0, 0.1) is 5.92 Å². The Kier molecular flexibility index (Phi) is 6.42. The molecule has 1 amide bonds. The molecule has 0 spiro atoms. The number of carbonyl (C=O) groups is 1. The van der Waals surface area contributed by atoms with E-state index >= 15 is 0 Å². The van der Waals surface area contributed by atoms with Crippen LogP contribution < -0.4 is 11.1 Å². The molecule has 3 N–H and O–H groups in total. The molecule has 1 aromatic heterocycles. The van der Waals surface area contributed by atoms with Crippen LogP contribution in [0.3, 0.4) is 0 Å². The molecule has 1 saturated heterocycles. The first-order valence-corrected chi connectivity index (χ1v) is 7.88. The summed E-state index contributed by atoms with van der Waals surface area (Å²) in [6.45, 7) is 4.81. The maximum Gasteiger partial charge on any atom is 0.250 e. The number of piperidine rings is 1. The van der Waals surface area contributed by atoms with Crippen LogP contribution in [0.25, 0.3) is 0 Å². The van der Waals surface area contributed by atoms with E-state index in [1.165, 1.54) is 6.20 Å². The number of nitrogens with zero attached hydrogens (tertiary/aromatic N) is 2. The first-order chi connectivity index (χ1) is 10.6. The SMILES string of the molecule is COCCN1CCC(CNc2ncc(C(N)=O)cc2Cl)CC1. The predicted octanol–water partition coefficient (Wildman–Crippen LogP) is 1.60. The number of hydrogen-bond acceptors (Lipinski definition) is 5. The van der Waals surface area contributed by atoms with Crippen LogP contribution in [0.15, 0.2) is 12.3 Å². The molecule has 22 heavy (non-hydrogen) atoms. The van der Waals surface area contributed by atoms with Crippen molar-refractivity contribution in [2.75, 3.05) is 45.2 Å². The summed E-state index contributed by atoms with van der Waals surface area (Å²) in [6, 6.07) is 1.55. The van der Waals surface area contributed by atoms with Crippen molar-refractivity contribution < 1.29 is 9.53 Å². The number of amides is 1. The first-order valence-electron chi connectivity index (χ1n) is 7.50. The van der Waals surface area contributed by atoms with Gasteiger partial charge in [-0.1, -0.05) is 11.6 Å². The minimum Gasteiger partial charge on any atom is -0.383 e. The average molecular weight is 327 g/mol. The van der Waals surface area contributed by atoms with Crippen molar-refractivity contribution in [3.05, 3.63) is 22.8 Å². The molecule has 6 nitrogen and oxygen atoms in total. The van der Waals surface area contributed by atoms with E-state index in [0.29, 0.717) is 22.3 Å². The van der Waals surface area contributed by atoms with Crippen molar-refractivity contribution in [3.8, 4) is 0 Å². The number of ether oxygens (including phenoxy) is 1. The standard InChI is InChI=1S/C15H23ClN4O2/c1-22-7-6-20-4-2-11(3-5-20)9-18-15-13(16)8-12(10-19-15)14(17)21/h8,10-11H,2-7,9H2,1H3,(H2,17,21)(H,18,19). The van der Waals surface area contributed by atoms with E-state index in [9.17, 15) is 4.79 Å². The number of methoxy groups -OCH3 is 1. The molecular formula is C15H23ClN4O2. The normalized spacial score (nSPS) is 16.6. The second kappa shape index (κ2) is 8.31. The molecule has 1 aliphatic heterocycles. The van der Waals surface area contributed by atoms with Crippen molar-refractivity contribution >= 4 is 23.3 Å². The van der Waals surface area contributed by atoms with Gasteiger partial charge in [0.15, 0.2) is 0 Å². The summed E-state index contributed by atoms with van der Waals surface area (Å²) >= 11 is 6.12. The van der Waals surface area contributed by atoms with Gasteiger partial charge in [0.2, 0.25) is 5.91 Å². The van der Waals surface area contributed by atoms with Crippen molar-refractivity contribution in [2.24, 2.45) is 11.7 Å². The second-order valence-corrected chi connectivity index (χ2v) is 5.98. The Labute approximate surface area is 136 Å². The third kappa shape index (κ3) is 4.83. The summed E-state index contributed by atoms with van der Waals surface area (Å²) < 4.78 is 5.11. The molecule has 2 rings (SSSR count). The van der Waals surface area contributed by atoms with E-state index in [2.05, 4.69) is 15.2 Å². The number of nitrogens with one attached hydrogen (secondary N) is 1. The number of pyridine rings is 1. The molecular weight excluding hydrogens is 304 g/mol. The first kappa shape index (κ1) is 17.0. The maximum absolute atomic E-state index is 11.1. The maximum atomic E-state index is 11.1. The summed E-state index contributed by atoms with van der Waals surface area (Å²) in [5.41, 5.74) is 5.52. The smallest absolute Gasteiger partial charge is 0.250 e. The van der Waals surface area contributed by atoms with Gasteiger partial charge in [-0.3, -0.25) is 4.79 Å². The Bertz CT molecular complexity index is 504. The molecule has 1 aromatic rings. The largest absolute Gasteiger partial charge is 0.383 e. The topological polar surface area (TPSA) is 80.5 Å². The van der Waals surface area contributed by atoms with Crippen molar-refractivity contribution in [1.29, 1.82) is 0 Å². The number of carbonyl (C=O) groups excluding carboxylic acids is 1. The predicted molar refractivity (Wildman–Crippen MR) is 87.3 cm³/mol. The molecule has 2 heterocycles. The Morgan fingerprint density at radius 1 is 1.55 bits per heavy atom. The van der Waals surface area contributed by atoms with Gasteiger partial charge in [0.05, 0.1) is 17.2 Å². The fourth-order valence-electron chi connectivity index (χ4n) is 2.58. The lowest BCUT2D eigenvalue weighted by molar-refractivity contribution is 0.1000. The number of anilines is 1. The number of rotatable bonds is 7. The minimum atomic E-state index is -0.524. The van der Waals surface area contributed by atoms with Crippen LogP contribution in [0.4, 0.5) is 5.82 Å². The molecule has 0 aliphatic carbocycles. The molecule has 1 aliphatic rings. The fourth-order valence-corrected chi connectivity index (χ4v) is 2.81. The van der Waals surface area contributed by atoms with Crippen LogP contribution >= 0.6 is 11.6 Å². The molecule has 122 valence electrons. The van der Waals surface area contributed by atoms with Gasteiger partial charge in [-0.2, -0.15) is 0 Å². The van der Waals surface area contributed by atoms with E-state index in [-0.39, 0.29) is 0 Å². The number of likely N-dealkylation sites (tertiary alicyclic amines) is 1. The van der Waals surface area contributed by atoms with Gasteiger partial charge in [-0.15, -0.1) is 0 Å². The Hall–Kier alpha value is -1.37. The molecule has 0 saturated carbocycles. The van der Waals surface area contributed by atoms with Crippen LogP contribution in [-0.2, 0) is 4.74 Å². The molecule has 1 fully saturated rings. The number of aromatic nitrogens is 1. The number of primary amides is 1. The lowest BCUT2D eigenvalue weighted by Gasteiger charge is -2.31. The zero-order valence-electron chi connectivity index (χ0n) is 12.8. The summed E-state index contributed by atoms with van der Waals surface area (Å²) in [5.74, 6) is 0.685. The highest BCUT2D eigenvalue weighted by Gasteiger charge is 2.19. The summed E-state index contributed by atoms with van der Waals surface area (Å²) in [7, 11) is 1.73. The van der Waals surface area contributed by atoms with Crippen molar-refractivity contribution in [2.45, 2.75) is 12.8 Å². The van der Waals surface area contributed by atoms with Gasteiger partial charge >= 0.3 is 0 Å². The van der Waals surface area contributed by atoms with Crippen molar-refractivity contribution in [1.82, 2.24) is 9.88 Å². The minimum absolute atomic E-state index is 0.321. The molecule has 0 bridgehead atoms. The molecule has 0 atom stereocenters. The highest BCUT2D eigenvalue weighted by molar-refractivity contribution is 6.33. The lowest BCUT2D eigenvalue weighted by Crippen LogP contribution is -2.37. The Morgan fingerprint density at radius 2 is 2.27 bits per heavy atom. The lowest BCUT2D eigenvalue weighted by atomic mass is 9.97. The third-order valence-corrected chi connectivity index (χ3v) is 4.29. The van der Waals surface area contributed by atoms with Gasteiger partial charge in [-0.25, -0.2) is 4.98 Å². The second-order valence-electron chi connectivity index (χ2n) is 5.58.